The Morgan fingerprint density at radius 1 is 1.18 bits per heavy atom. The molecule has 1 fully saturated rings. The SMILES string of the molecule is CC(C)(C)OC(=O)N1CCN(C(CN)c2ccccc2)CC1. The molecule has 1 atom stereocenters. The van der Waals surface area contributed by atoms with Gasteiger partial charge in [0.1, 0.15) is 5.60 Å². The summed E-state index contributed by atoms with van der Waals surface area (Å²) in [4.78, 5) is 16.2. The minimum Gasteiger partial charge on any atom is -0.444 e. The molecule has 1 aliphatic heterocycles. The zero-order chi connectivity index (χ0) is 16.2. The van der Waals surface area contributed by atoms with Gasteiger partial charge in [-0.05, 0) is 26.3 Å². The van der Waals surface area contributed by atoms with Crippen molar-refractivity contribution in [3.05, 3.63) is 35.9 Å². The highest BCUT2D eigenvalue weighted by atomic mass is 16.6. The van der Waals surface area contributed by atoms with Crippen LogP contribution in [0.15, 0.2) is 30.3 Å². The van der Waals surface area contributed by atoms with Crippen LogP contribution in [-0.4, -0.2) is 54.2 Å². The van der Waals surface area contributed by atoms with Crippen LogP contribution < -0.4 is 5.73 Å². The predicted molar refractivity (Wildman–Crippen MR) is 87.6 cm³/mol. The number of nitrogens with two attached hydrogens (primary N) is 1. The van der Waals surface area contributed by atoms with E-state index in [-0.39, 0.29) is 12.1 Å². The van der Waals surface area contributed by atoms with Gasteiger partial charge >= 0.3 is 6.09 Å². The standard InChI is InChI=1S/C17H27N3O2/c1-17(2,3)22-16(21)20-11-9-19(10-12-20)15(13-18)14-7-5-4-6-8-14/h4-8,15H,9-13,18H2,1-3H3. The summed E-state index contributed by atoms with van der Waals surface area (Å²) in [5.74, 6) is 0. The van der Waals surface area contributed by atoms with Crippen LogP contribution in [0.3, 0.4) is 0 Å². The van der Waals surface area contributed by atoms with Gasteiger partial charge in [-0.15, -0.1) is 0 Å². The van der Waals surface area contributed by atoms with Gasteiger partial charge in [-0.1, -0.05) is 30.3 Å². The summed E-state index contributed by atoms with van der Waals surface area (Å²) < 4.78 is 5.43. The van der Waals surface area contributed by atoms with Gasteiger partial charge in [-0.3, -0.25) is 4.90 Å². The van der Waals surface area contributed by atoms with Crippen molar-refractivity contribution < 1.29 is 9.53 Å². The van der Waals surface area contributed by atoms with Crippen molar-refractivity contribution in [2.75, 3.05) is 32.7 Å². The molecule has 5 nitrogen and oxygen atoms in total. The largest absolute Gasteiger partial charge is 0.444 e. The molecule has 1 aromatic rings. The smallest absolute Gasteiger partial charge is 0.410 e. The van der Waals surface area contributed by atoms with Crippen LogP contribution in [-0.2, 0) is 4.74 Å². The number of hydrogen-bond acceptors (Lipinski definition) is 4. The summed E-state index contributed by atoms with van der Waals surface area (Å²) in [6.45, 7) is 9.24. The zero-order valence-corrected chi connectivity index (χ0v) is 13.8. The van der Waals surface area contributed by atoms with Gasteiger partial charge in [-0.25, -0.2) is 4.79 Å². The molecule has 0 aromatic heterocycles. The van der Waals surface area contributed by atoms with E-state index in [4.69, 9.17) is 10.5 Å². The second kappa shape index (κ2) is 7.11. The van der Waals surface area contributed by atoms with Crippen molar-refractivity contribution >= 4 is 6.09 Å². The lowest BCUT2D eigenvalue weighted by Crippen LogP contribution is -2.51. The summed E-state index contributed by atoms with van der Waals surface area (Å²) >= 11 is 0. The van der Waals surface area contributed by atoms with Crippen LogP contribution in [0.4, 0.5) is 4.79 Å². The maximum Gasteiger partial charge on any atom is 0.410 e. The molecule has 22 heavy (non-hydrogen) atoms. The van der Waals surface area contributed by atoms with Crippen LogP contribution in [0.2, 0.25) is 0 Å². The van der Waals surface area contributed by atoms with E-state index in [1.54, 1.807) is 4.90 Å². The van der Waals surface area contributed by atoms with Crippen molar-refractivity contribution in [2.24, 2.45) is 5.73 Å². The maximum atomic E-state index is 12.1. The lowest BCUT2D eigenvalue weighted by Gasteiger charge is -2.39. The van der Waals surface area contributed by atoms with Gasteiger partial charge < -0.3 is 15.4 Å². The third kappa shape index (κ3) is 4.45. The Labute approximate surface area is 133 Å². The highest BCUT2D eigenvalue weighted by Crippen LogP contribution is 2.21. The highest BCUT2D eigenvalue weighted by Gasteiger charge is 2.28. The molecule has 5 heteroatoms. The molecule has 0 aliphatic carbocycles. The average Bonchev–Trinajstić information content (AvgIpc) is 2.48. The molecule has 2 N–H and O–H groups in total. The fourth-order valence-corrected chi connectivity index (χ4v) is 2.71. The van der Waals surface area contributed by atoms with Crippen LogP contribution >= 0.6 is 0 Å². The van der Waals surface area contributed by atoms with Gasteiger partial charge in [0.25, 0.3) is 0 Å². The van der Waals surface area contributed by atoms with E-state index in [1.165, 1.54) is 5.56 Å². The van der Waals surface area contributed by atoms with Gasteiger partial charge in [0.2, 0.25) is 0 Å². The molecular weight excluding hydrogens is 278 g/mol. The Hall–Kier alpha value is -1.59. The third-order valence-corrected chi connectivity index (χ3v) is 3.81. The number of rotatable bonds is 3. The van der Waals surface area contributed by atoms with Crippen LogP contribution in [0, 0.1) is 0 Å². The van der Waals surface area contributed by atoms with Gasteiger partial charge in [-0.2, -0.15) is 0 Å². The lowest BCUT2D eigenvalue weighted by atomic mass is 10.0. The summed E-state index contributed by atoms with van der Waals surface area (Å²) in [7, 11) is 0. The summed E-state index contributed by atoms with van der Waals surface area (Å²) in [5.41, 5.74) is 6.75. The first-order valence-electron chi connectivity index (χ1n) is 7.87. The van der Waals surface area contributed by atoms with E-state index in [2.05, 4.69) is 17.0 Å². The van der Waals surface area contributed by atoms with E-state index in [9.17, 15) is 4.79 Å². The number of amides is 1. The van der Waals surface area contributed by atoms with Gasteiger partial charge in [0, 0.05) is 38.8 Å². The molecule has 122 valence electrons. The van der Waals surface area contributed by atoms with Crippen molar-refractivity contribution in [3.63, 3.8) is 0 Å². The molecule has 0 spiro atoms. The number of benzene rings is 1. The molecule has 0 saturated carbocycles. The van der Waals surface area contributed by atoms with E-state index in [0.29, 0.717) is 19.6 Å². The maximum absolute atomic E-state index is 12.1. The first-order valence-corrected chi connectivity index (χ1v) is 7.87. The summed E-state index contributed by atoms with van der Waals surface area (Å²) in [6, 6.07) is 10.5. The van der Waals surface area contributed by atoms with E-state index in [1.807, 2.05) is 39.0 Å². The molecule has 1 aromatic carbocycles. The number of nitrogens with zero attached hydrogens (tertiary/aromatic N) is 2. The van der Waals surface area contributed by atoms with Crippen molar-refractivity contribution in [2.45, 2.75) is 32.4 Å². The summed E-state index contributed by atoms with van der Waals surface area (Å²) in [5, 5.41) is 0. The molecular formula is C17H27N3O2. The average molecular weight is 305 g/mol. The normalized spacial score (nSPS) is 18.1. The Morgan fingerprint density at radius 2 is 1.77 bits per heavy atom. The first-order chi connectivity index (χ1) is 10.4. The minimum atomic E-state index is -0.446. The highest BCUT2D eigenvalue weighted by molar-refractivity contribution is 5.68. The predicted octanol–water partition coefficient (Wildman–Crippen LogP) is 2.24. The Balaban J connectivity index is 1.92. The minimum absolute atomic E-state index is 0.210. The van der Waals surface area contributed by atoms with E-state index >= 15 is 0 Å². The Bertz CT molecular complexity index is 476. The number of carbonyl (C=O) groups excluding carboxylic acids is 1. The zero-order valence-electron chi connectivity index (χ0n) is 13.8. The molecule has 1 aliphatic rings. The van der Waals surface area contributed by atoms with Crippen LogP contribution in [0.25, 0.3) is 0 Å². The topological polar surface area (TPSA) is 58.8 Å². The number of carbonyl (C=O) groups is 1. The second-order valence-corrected chi connectivity index (χ2v) is 6.67. The fourth-order valence-electron chi connectivity index (χ4n) is 2.71. The number of ether oxygens (including phenoxy) is 1. The molecule has 1 heterocycles. The molecule has 0 radical (unpaired) electrons. The first kappa shape index (κ1) is 16.8. The summed E-state index contributed by atoms with van der Waals surface area (Å²) in [6.07, 6.45) is -0.226. The molecule has 1 unspecified atom stereocenters. The monoisotopic (exact) mass is 305 g/mol. The van der Waals surface area contributed by atoms with Gasteiger partial charge in [0.05, 0.1) is 0 Å². The van der Waals surface area contributed by atoms with Crippen molar-refractivity contribution in [3.8, 4) is 0 Å². The molecule has 1 saturated heterocycles. The lowest BCUT2D eigenvalue weighted by molar-refractivity contribution is 0.0106. The fraction of sp³-hybridized carbons (Fsp3) is 0.588. The quantitative estimate of drug-likeness (QED) is 0.930. The van der Waals surface area contributed by atoms with E-state index < -0.39 is 5.60 Å². The molecule has 0 bridgehead atoms. The molecule has 2 rings (SSSR count). The van der Waals surface area contributed by atoms with Crippen LogP contribution in [0.5, 0.6) is 0 Å². The Morgan fingerprint density at radius 3 is 2.27 bits per heavy atom. The van der Waals surface area contributed by atoms with E-state index in [0.717, 1.165) is 13.1 Å². The van der Waals surface area contributed by atoms with Crippen molar-refractivity contribution in [1.82, 2.24) is 9.80 Å². The molecule has 1 amide bonds. The van der Waals surface area contributed by atoms with Crippen molar-refractivity contribution in [1.29, 1.82) is 0 Å². The Kier molecular flexibility index (Phi) is 5.42. The van der Waals surface area contributed by atoms with Gasteiger partial charge in [0.15, 0.2) is 0 Å². The van der Waals surface area contributed by atoms with Crippen LogP contribution in [0.1, 0.15) is 32.4 Å². The number of piperazine rings is 1. The second-order valence-electron chi connectivity index (χ2n) is 6.67. The number of hydrogen-bond donors (Lipinski definition) is 1. The third-order valence-electron chi connectivity index (χ3n) is 3.81.